The highest BCUT2D eigenvalue weighted by Gasteiger charge is 2.17. The second-order valence-corrected chi connectivity index (χ2v) is 7.82. The van der Waals surface area contributed by atoms with Crippen LogP contribution in [0.3, 0.4) is 0 Å². The number of phenolic OH excluding ortho intramolecular Hbond substituents is 4. The highest BCUT2D eigenvalue weighted by molar-refractivity contribution is 5.89. The number of nitrogens with zero attached hydrogens (tertiary/aromatic N) is 3. The fourth-order valence-corrected chi connectivity index (χ4v) is 3.38. The first kappa shape index (κ1) is 25.0. The van der Waals surface area contributed by atoms with Crippen molar-refractivity contribution in [3.05, 3.63) is 47.5 Å². The molecule has 1 fully saturated rings. The molecule has 0 aromatic heterocycles. The van der Waals surface area contributed by atoms with Crippen molar-refractivity contribution in [1.82, 2.24) is 10.2 Å². The van der Waals surface area contributed by atoms with Gasteiger partial charge in [-0.15, -0.1) is 0 Å². The second-order valence-electron chi connectivity index (χ2n) is 7.82. The van der Waals surface area contributed by atoms with E-state index in [2.05, 4.69) is 20.2 Å². The minimum atomic E-state index is -0.902. The van der Waals surface area contributed by atoms with Crippen molar-refractivity contribution in [2.45, 2.75) is 12.5 Å². The summed E-state index contributed by atoms with van der Waals surface area (Å²) in [4.78, 5) is 23.6. The molecule has 1 saturated heterocycles. The Morgan fingerprint density at radius 2 is 1.62 bits per heavy atom. The number of amides is 1. The van der Waals surface area contributed by atoms with E-state index < -0.39 is 6.04 Å². The summed E-state index contributed by atoms with van der Waals surface area (Å²) in [7, 11) is 0. The van der Waals surface area contributed by atoms with Crippen LogP contribution in [0.1, 0.15) is 17.5 Å². The van der Waals surface area contributed by atoms with Crippen LogP contribution in [0.4, 0.5) is 0 Å². The van der Waals surface area contributed by atoms with E-state index in [1.165, 1.54) is 24.6 Å². The lowest BCUT2D eigenvalue weighted by Gasteiger charge is -2.26. The van der Waals surface area contributed by atoms with Gasteiger partial charge in [-0.05, 0) is 37.2 Å². The minimum Gasteiger partial charge on any atom is -0.504 e. The summed E-state index contributed by atoms with van der Waals surface area (Å²) < 4.78 is 5.33. The van der Waals surface area contributed by atoms with Gasteiger partial charge in [-0.2, -0.15) is 0 Å². The summed E-state index contributed by atoms with van der Waals surface area (Å²) in [5.41, 5.74) is 0.569. The first-order valence-corrected chi connectivity index (χ1v) is 11.1. The highest BCUT2D eigenvalue weighted by Crippen LogP contribution is 2.27. The lowest BCUT2D eigenvalue weighted by atomic mass is 10.2. The summed E-state index contributed by atoms with van der Waals surface area (Å²) >= 11 is 0. The summed E-state index contributed by atoms with van der Waals surface area (Å²) in [6, 6.07) is 8.05. The zero-order valence-corrected chi connectivity index (χ0v) is 18.8. The van der Waals surface area contributed by atoms with Gasteiger partial charge in [-0.1, -0.05) is 12.1 Å². The van der Waals surface area contributed by atoms with Crippen molar-refractivity contribution in [3.63, 3.8) is 0 Å². The lowest BCUT2D eigenvalue weighted by Crippen LogP contribution is -2.40. The first-order valence-electron chi connectivity index (χ1n) is 11.1. The van der Waals surface area contributed by atoms with Crippen molar-refractivity contribution in [1.29, 1.82) is 0 Å². The Morgan fingerprint density at radius 1 is 1.00 bits per heavy atom. The fraction of sp³-hybridized carbons (Fsp3) is 0.375. The number of carbonyl (C=O) groups is 1. The monoisotopic (exact) mass is 470 g/mol. The van der Waals surface area contributed by atoms with E-state index in [4.69, 9.17) is 4.74 Å². The molecule has 0 saturated carbocycles. The van der Waals surface area contributed by atoms with Gasteiger partial charge in [0.05, 0.1) is 19.8 Å². The Labute approximate surface area is 197 Å². The number of phenols is 4. The summed E-state index contributed by atoms with van der Waals surface area (Å²) in [6.07, 6.45) is 3.44. The third-order valence-electron chi connectivity index (χ3n) is 5.35. The van der Waals surface area contributed by atoms with Gasteiger partial charge in [-0.25, -0.2) is 0 Å². The molecule has 10 nitrogen and oxygen atoms in total. The van der Waals surface area contributed by atoms with Crippen LogP contribution in [0.25, 0.3) is 0 Å². The van der Waals surface area contributed by atoms with Gasteiger partial charge >= 0.3 is 0 Å². The topological polar surface area (TPSA) is 147 Å². The molecule has 3 rings (SSSR count). The van der Waals surface area contributed by atoms with E-state index >= 15 is 0 Å². The molecule has 1 amide bonds. The smallest absolute Gasteiger partial charge is 0.246 e. The van der Waals surface area contributed by atoms with Gasteiger partial charge in [0.25, 0.3) is 0 Å². The van der Waals surface area contributed by atoms with Crippen LogP contribution < -0.4 is 5.32 Å². The molecule has 1 unspecified atom stereocenters. The molecular weight excluding hydrogens is 440 g/mol. The molecule has 10 heteroatoms. The molecule has 0 aliphatic carbocycles. The number of rotatable bonds is 10. The van der Waals surface area contributed by atoms with Crippen molar-refractivity contribution in [2.24, 2.45) is 9.98 Å². The third-order valence-corrected chi connectivity index (χ3v) is 5.35. The number of aromatic hydroxyl groups is 4. The predicted molar refractivity (Wildman–Crippen MR) is 128 cm³/mol. The second kappa shape index (κ2) is 12.6. The summed E-state index contributed by atoms with van der Waals surface area (Å²) in [5, 5.41) is 42.1. The highest BCUT2D eigenvalue weighted by atomic mass is 16.5. The molecule has 182 valence electrons. The molecule has 2 aromatic carbocycles. The zero-order valence-electron chi connectivity index (χ0n) is 18.8. The van der Waals surface area contributed by atoms with Crippen LogP contribution in [-0.2, 0) is 9.53 Å². The number of ether oxygens (including phenoxy) is 1. The standard InChI is InChI=1S/C24H30N4O6/c29-20-6-1-4-17(22(20)31)14-25-16-19(27-15-18-5-2-7-21(30)23(18)32)24(33)26-8-3-9-28-10-12-34-13-11-28/h1-2,4-7,14-15,19,29-32H,3,8-13,16H2,(H,26,33). The van der Waals surface area contributed by atoms with Gasteiger partial charge in [0.1, 0.15) is 6.04 Å². The molecule has 0 spiro atoms. The SMILES string of the molecule is O=C(NCCCN1CCOCC1)C(CN=Cc1cccc(O)c1O)N=Cc1cccc(O)c1O. The van der Waals surface area contributed by atoms with Crippen LogP contribution >= 0.6 is 0 Å². The largest absolute Gasteiger partial charge is 0.504 e. The molecule has 1 atom stereocenters. The Bertz CT molecular complexity index is 1020. The molecule has 2 aromatic rings. The van der Waals surface area contributed by atoms with Crippen molar-refractivity contribution in [2.75, 3.05) is 45.9 Å². The maximum absolute atomic E-state index is 12.8. The summed E-state index contributed by atoms with van der Waals surface area (Å²) in [6.45, 7) is 4.49. The van der Waals surface area contributed by atoms with Gasteiger partial charge in [0.2, 0.25) is 5.91 Å². The Balaban J connectivity index is 1.64. The number of hydrogen-bond acceptors (Lipinski definition) is 9. The maximum atomic E-state index is 12.8. The Morgan fingerprint density at radius 3 is 2.26 bits per heavy atom. The number of nitrogens with one attached hydrogen (secondary N) is 1. The average molecular weight is 471 g/mol. The van der Waals surface area contributed by atoms with Gasteiger partial charge < -0.3 is 30.5 Å². The van der Waals surface area contributed by atoms with E-state index in [0.717, 1.165) is 39.3 Å². The average Bonchev–Trinajstić information content (AvgIpc) is 2.84. The number of aliphatic imine (C=N–C) groups is 2. The minimum absolute atomic E-state index is 0.0273. The van der Waals surface area contributed by atoms with E-state index in [1.54, 1.807) is 24.3 Å². The van der Waals surface area contributed by atoms with Gasteiger partial charge in [-0.3, -0.25) is 19.7 Å². The van der Waals surface area contributed by atoms with Gasteiger partial charge in [0, 0.05) is 43.2 Å². The van der Waals surface area contributed by atoms with Crippen LogP contribution in [0.15, 0.2) is 46.4 Å². The van der Waals surface area contributed by atoms with Crippen molar-refractivity contribution < 1.29 is 30.0 Å². The molecule has 5 N–H and O–H groups in total. The normalized spacial score (nSPS) is 15.6. The van der Waals surface area contributed by atoms with Crippen LogP contribution in [0.5, 0.6) is 23.0 Å². The van der Waals surface area contributed by atoms with Crippen LogP contribution in [0, 0.1) is 0 Å². The number of benzene rings is 2. The lowest BCUT2D eigenvalue weighted by molar-refractivity contribution is -0.122. The molecule has 34 heavy (non-hydrogen) atoms. The van der Waals surface area contributed by atoms with E-state index in [1.807, 2.05) is 0 Å². The Hall–Kier alpha value is -3.63. The van der Waals surface area contributed by atoms with E-state index in [9.17, 15) is 25.2 Å². The summed E-state index contributed by atoms with van der Waals surface area (Å²) in [5.74, 6) is -1.52. The fourth-order valence-electron chi connectivity index (χ4n) is 3.38. The number of carbonyl (C=O) groups excluding carboxylic acids is 1. The third kappa shape index (κ3) is 7.19. The number of morpholine rings is 1. The van der Waals surface area contributed by atoms with E-state index in [-0.39, 0.29) is 41.0 Å². The number of para-hydroxylation sites is 2. The van der Waals surface area contributed by atoms with E-state index in [0.29, 0.717) is 12.1 Å². The van der Waals surface area contributed by atoms with Crippen LogP contribution in [-0.4, -0.2) is 95.6 Å². The molecule has 1 heterocycles. The number of hydrogen-bond donors (Lipinski definition) is 5. The molecule has 1 aliphatic heterocycles. The zero-order chi connectivity index (χ0) is 24.3. The van der Waals surface area contributed by atoms with Crippen molar-refractivity contribution in [3.8, 4) is 23.0 Å². The predicted octanol–water partition coefficient (Wildman–Crippen LogP) is 1.25. The maximum Gasteiger partial charge on any atom is 0.246 e. The quantitative estimate of drug-likeness (QED) is 0.199. The van der Waals surface area contributed by atoms with Gasteiger partial charge in [0.15, 0.2) is 23.0 Å². The molecule has 0 bridgehead atoms. The molecule has 0 radical (unpaired) electrons. The van der Waals surface area contributed by atoms with Crippen LogP contribution in [0.2, 0.25) is 0 Å². The molecular formula is C24H30N4O6. The first-order chi connectivity index (χ1) is 16.5. The molecule has 1 aliphatic rings. The Kier molecular flexibility index (Phi) is 9.24. The van der Waals surface area contributed by atoms with Crippen molar-refractivity contribution >= 4 is 18.3 Å².